The fourth-order valence-electron chi connectivity index (χ4n) is 9.08. The molecule has 2 aliphatic rings. The van der Waals surface area contributed by atoms with Gasteiger partial charge in [-0.15, -0.1) is 0 Å². The molecule has 2 aromatic heterocycles. The van der Waals surface area contributed by atoms with Crippen LogP contribution in [0.1, 0.15) is 46.6 Å². The lowest BCUT2D eigenvalue weighted by Crippen LogP contribution is -2.32. The number of hydrogen-bond donors (Lipinski definition) is 0. The van der Waals surface area contributed by atoms with Crippen LogP contribution in [0.3, 0.4) is 0 Å². The summed E-state index contributed by atoms with van der Waals surface area (Å²) in [5.74, 6) is 0.283. The number of hydrogen-bond acceptors (Lipinski definition) is 3. The van der Waals surface area contributed by atoms with E-state index < -0.39 is 0 Å². The highest BCUT2D eigenvalue weighted by atomic mass is 16.3. The average molecular weight is 719 g/mol. The number of fused-ring (bicyclic) bond motifs is 6. The van der Waals surface area contributed by atoms with Crippen molar-refractivity contribution in [2.45, 2.75) is 25.2 Å². The maximum atomic E-state index is 6.23. The minimum atomic E-state index is 0.283. The van der Waals surface area contributed by atoms with Crippen LogP contribution in [-0.4, -0.2) is 4.98 Å². The minimum Gasteiger partial charge on any atom is -0.438 e. The van der Waals surface area contributed by atoms with E-state index >= 15 is 0 Å². The van der Waals surface area contributed by atoms with Gasteiger partial charge in [-0.3, -0.25) is 0 Å². The van der Waals surface area contributed by atoms with E-state index in [0.29, 0.717) is 5.71 Å². The quantitative estimate of drug-likeness (QED) is 0.171. The van der Waals surface area contributed by atoms with Crippen molar-refractivity contribution in [3.05, 3.63) is 220 Å². The van der Waals surface area contributed by atoms with Crippen molar-refractivity contribution < 1.29 is 4.42 Å². The molecule has 3 nitrogen and oxygen atoms in total. The summed E-state index contributed by atoms with van der Waals surface area (Å²) in [7, 11) is 0. The molecule has 0 radical (unpaired) electrons. The first-order valence-corrected chi connectivity index (χ1v) is 19.6. The van der Waals surface area contributed by atoms with Crippen molar-refractivity contribution in [1.29, 1.82) is 0 Å². The van der Waals surface area contributed by atoms with Crippen LogP contribution < -0.4 is 15.3 Å². The molecule has 0 saturated carbocycles. The Kier molecular flexibility index (Phi) is 7.77. The lowest BCUT2D eigenvalue weighted by molar-refractivity contribution is 0.654. The normalized spacial score (nSPS) is 15.0. The van der Waals surface area contributed by atoms with Crippen LogP contribution in [0.5, 0.6) is 0 Å². The van der Waals surface area contributed by atoms with Crippen molar-refractivity contribution in [1.82, 2.24) is 4.98 Å². The Morgan fingerprint density at radius 1 is 0.571 bits per heavy atom. The number of rotatable bonds is 6. The lowest BCUT2D eigenvalue weighted by atomic mass is 9.80. The summed E-state index contributed by atoms with van der Waals surface area (Å²) in [6.07, 6.45) is 9.70. The maximum absolute atomic E-state index is 6.23. The Labute approximate surface area is 325 Å². The highest BCUT2D eigenvalue weighted by Gasteiger charge is 2.23. The van der Waals surface area contributed by atoms with Crippen LogP contribution in [0, 0.1) is 0 Å². The van der Waals surface area contributed by atoms with Gasteiger partial charge in [0.25, 0.3) is 0 Å². The number of benzene rings is 7. The Hall–Kier alpha value is -6.97. The van der Waals surface area contributed by atoms with Crippen LogP contribution in [0.25, 0.3) is 50.1 Å². The zero-order valence-electron chi connectivity index (χ0n) is 30.9. The molecule has 0 aliphatic heterocycles. The summed E-state index contributed by atoms with van der Waals surface area (Å²) in [4.78, 5) is 6.86. The second-order valence-electron chi connectivity index (χ2n) is 15.0. The van der Waals surface area contributed by atoms with Crippen LogP contribution in [0.4, 0.5) is 17.1 Å². The van der Waals surface area contributed by atoms with Crippen LogP contribution in [0.2, 0.25) is 0 Å². The molecule has 0 saturated heterocycles. The smallest absolute Gasteiger partial charge is 0.227 e. The van der Waals surface area contributed by atoms with Gasteiger partial charge in [0.05, 0.1) is 0 Å². The summed E-state index contributed by atoms with van der Waals surface area (Å²) >= 11 is 0. The molecule has 2 heterocycles. The lowest BCUT2D eigenvalue weighted by Gasteiger charge is -2.28. The van der Waals surface area contributed by atoms with Crippen molar-refractivity contribution in [2.24, 2.45) is 0 Å². The standard InChI is InChI=1S/C53H38N2O/c1-2-10-36(11-3-1)48-30-24-37-13-5-7-16-47(37)52(48)39-21-27-43(28-22-39)55(42-25-19-38(20-26-42)46-17-8-14-35-12-4-6-15-45(35)46)44-29-23-40-33-50-49-18-9-31-54-53(49)56-51(50)34-41(40)32-44/h1-7,9-13,15-29,31-34,48H,8,14,30H2. The molecule has 0 fully saturated rings. The summed E-state index contributed by atoms with van der Waals surface area (Å²) in [6.45, 7) is 0. The molecule has 1 atom stereocenters. The molecule has 0 bridgehead atoms. The Bertz CT molecular complexity index is 3100. The molecule has 9 aromatic rings. The molecule has 2 aliphatic carbocycles. The topological polar surface area (TPSA) is 29.3 Å². The predicted octanol–water partition coefficient (Wildman–Crippen LogP) is 12.1. The van der Waals surface area contributed by atoms with E-state index in [-0.39, 0.29) is 5.92 Å². The van der Waals surface area contributed by atoms with Gasteiger partial charge >= 0.3 is 0 Å². The largest absolute Gasteiger partial charge is 0.438 e. The van der Waals surface area contributed by atoms with Crippen molar-refractivity contribution in [3.63, 3.8) is 0 Å². The Morgan fingerprint density at radius 3 is 2.18 bits per heavy atom. The van der Waals surface area contributed by atoms with Gasteiger partial charge in [0.15, 0.2) is 0 Å². The molecule has 56 heavy (non-hydrogen) atoms. The Morgan fingerprint density at radius 2 is 1.32 bits per heavy atom. The number of furan rings is 1. The number of aryl methyl sites for hydroxylation is 1. The first-order valence-electron chi connectivity index (χ1n) is 19.6. The molecule has 0 N–H and O–H groups in total. The number of allylic oxidation sites excluding steroid dienone is 1. The molecule has 7 aromatic carbocycles. The fraction of sp³-hybridized carbons (Fsp3) is 0.0755. The maximum Gasteiger partial charge on any atom is 0.227 e. The molecular weight excluding hydrogens is 681 g/mol. The van der Waals surface area contributed by atoms with Gasteiger partial charge in [-0.2, -0.15) is 0 Å². The minimum absolute atomic E-state index is 0.283. The van der Waals surface area contributed by atoms with Crippen LogP contribution >= 0.6 is 0 Å². The van der Waals surface area contributed by atoms with Gasteiger partial charge in [-0.25, -0.2) is 4.98 Å². The molecule has 0 amide bonds. The third kappa shape index (κ3) is 5.55. The van der Waals surface area contributed by atoms with Gasteiger partial charge < -0.3 is 9.32 Å². The highest BCUT2D eigenvalue weighted by Crippen LogP contribution is 2.41. The monoisotopic (exact) mass is 718 g/mol. The van der Waals surface area contributed by atoms with E-state index in [1.54, 1.807) is 6.20 Å². The van der Waals surface area contributed by atoms with Crippen molar-refractivity contribution in [2.75, 3.05) is 4.90 Å². The molecule has 266 valence electrons. The van der Waals surface area contributed by atoms with E-state index in [4.69, 9.17) is 4.42 Å². The van der Waals surface area contributed by atoms with E-state index in [9.17, 15) is 0 Å². The van der Waals surface area contributed by atoms with Gasteiger partial charge in [0, 0.05) is 39.9 Å². The van der Waals surface area contributed by atoms with Crippen molar-refractivity contribution in [3.8, 4) is 0 Å². The molecule has 11 rings (SSSR count). The van der Waals surface area contributed by atoms with Gasteiger partial charge in [-0.05, 0) is 140 Å². The van der Waals surface area contributed by atoms with Gasteiger partial charge in [0.2, 0.25) is 5.71 Å². The summed E-state index contributed by atoms with van der Waals surface area (Å²) in [6, 6.07) is 62.1. The second-order valence-corrected chi connectivity index (χ2v) is 15.0. The summed E-state index contributed by atoms with van der Waals surface area (Å²) < 4.78 is 6.23. The molecule has 0 spiro atoms. The van der Waals surface area contributed by atoms with E-state index in [1.807, 2.05) is 6.07 Å². The number of anilines is 3. The summed E-state index contributed by atoms with van der Waals surface area (Å²) in [5.41, 5.74) is 14.1. The predicted molar refractivity (Wildman–Crippen MR) is 232 cm³/mol. The fourth-order valence-corrected chi connectivity index (χ4v) is 9.08. The van der Waals surface area contributed by atoms with E-state index in [0.717, 1.165) is 63.5 Å². The number of pyridine rings is 1. The zero-order chi connectivity index (χ0) is 37.0. The highest BCUT2D eigenvalue weighted by molar-refractivity contribution is 6.09. The number of nitrogens with zero attached hydrogens (tertiary/aromatic N) is 2. The van der Waals surface area contributed by atoms with E-state index in [1.165, 1.54) is 49.4 Å². The van der Waals surface area contributed by atoms with Gasteiger partial charge in [-0.1, -0.05) is 121 Å². The van der Waals surface area contributed by atoms with Crippen LogP contribution in [-0.2, 0) is 6.42 Å². The van der Waals surface area contributed by atoms with Crippen LogP contribution in [0.15, 0.2) is 187 Å². The zero-order valence-corrected chi connectivity index (χ0v) is 30.9. The first-order chi connectivity index (χ1) is 27.7. The molecular formula is C53H38N2O. The third-order valence-electron chi connectivity index (χ3n) is 11.8. The molecule has 1 unspecified atom stereocenters. The van der Waals surface area contributed by atoms with E-state index in [2.05, 4.69) is 186 Å². The summed E-state index contributed by atoms with van der Waals surface area (Å²) in [5, 5.41) is 7.03. The second kappa shape index (κ2) is 13.4. The third-order valence-corrected chi connectivity index (χ3v) is 11.8. The SMILES string of the molecule is C1=C(c2ccc(N(c3ccc(C4=c5ccccc5=CCC4c4ccccc4)cc3)c3ccc4cc5c(cc4c3)oc3ncccc35)cc2)c2ccccc2CC1. The molecule has 3 heteroatoms. The Balaban J connectivity index is 1.04. The van der Waals surface area contributed by atoms with Gasteiger partial charge in [0.1, 0.15) is 5.58 Å². The average Bonchev–Trinajstić information content (AvgIpc) is 3.63. The number of aromatic nitrogens is 1. The van der Waals surface area contributed by atoms with Crippen molar-refractivity contribution >= 4 is 67.1 Å². The first kappa shape index (κ1) is 32.5.